The van der Waals surface area contributed by atoms with Gasteiger partial charge in [-0.05, 0) is 43.7 Å². The van der Waals surface area contributed by atoms with Crippen molar-refractivity contribution >= 4 is 17.3 Å². The van der Waals surface area contributed by atoms with Gasteiger partial charge in [0.15, 0.2) is 0 Å². The highest BCUT2D eigenvalue weighted by molar-refractivity contribution is 6.05. The summed E-state index contributed by atoms with van der Waals surface area (Å²) in [6, 6.07) is 8.66. The molecule has 0 saturated heterocycles. The van der Waals surface area contributed by atoms with Crippen LogP contribution in [0.4, 0.5) is 11.4 Å². The number of nitrogens with one attached hydrogen (secondary N) is 1. The Kier molecular flexibility index (Phi) is 4.20. The molecule has 0 atom stereocenters. The van der Waals surface area contributed by atoms with E-state index < -0.39 is 0 Å². The summed E-state index contributed by atoms with van der Waals surface area (Å²) in [5.74, 6) is 0.350. The third-order valence-electron chi connectivity index (χ3n) is 2.78. The molecule has 104 valence electrons. The molecule has 0 bridgehead atoms. The zero-order valence-electron chi connectivity index (χ0n) is 11.5. The third kappa shape index (κ3) is 3.26. The summed E-state index contributed by atoms with van der Waals surface area (Å²) in [7, 11) is 0. The van der Waals surface area contributed by atoms with Crippen LogP contribution in [0, 0.1) is 6.92 Å². The minimum Gasteiger partial charge on any atom is -0.478 e. The molecule has 0 spiro atoms. The first-order valence-corrected chi connectivity index (χ1v) is 6.36. The van der Waals surface area contributed by atoms with E-state index in [2.05, 4.69) is 10.3 Å². The largest absolute Gasteiger partial charge is 0.478 e. The van der Waals surface area contributed by atoms with Gasteiger partial charge in [0.25, 0.3) is 5.91 Å². The Morgan fingerprint density at radius 3 is 2.75 bits per heavy atom. The van der Waals surface area contributed by atoms with Crippen LogP contribution in [0.5, 0.6) is 5.88 Å². The number of hydrogen-bond acceptors (Lipinski definition) is 4. The molecule has 0 saturated carbocycles. The fraction of sp³-hybridized carbons (Fsp3) is 0.200. The molecule has 3 N–H and O–H groups in total. The molecule has 0 aliphatic carbocycles. The summed E-state index contributed by atoms with van der Waals surface area (Å²) in [5, 5.41) is 2.79. The van der Waals surface area contributed by atoms with Gasteiger partial charge < -0.3 is 15.8 Å². The molecule has 0 aliphatic heterocycles. The molecule has 0 radical (unpaired) electrons. The van der Waals surface area contributed by atoms with Crippen LogP contribution in [-0.2, 0) is 0 Å². The normalized spacial score (nSPS) is 10.1. The molecular formula is C15H17N3O2. The number of aromatic nitrogens is 1. The average Bonchev–Trinajstić information content (AvgIpc) is 2.41. The van der Waals surface area contributed by atoms with Crippen molar-refractivity contribution in [1.82, 2.24) is 4.98 Å². The van der Waals surface area contributed by atoms with Gasteiger partial charge in [-0.3, -0.25) is 4.79 Å². The lowest BCUT2D eigenvalue weighted by molar-refractivity contribution is 0.102. The zero-order valence-corrected chi connectivity index (χ0v) is 11.5. The number of aryl methyl sites for hydroxylation is 1. The van der Waals surface area contributed by atoms with Crippen LogP contribution in [0.25, 0.3) is 0 Å². The van der Waals surface area contributed by atoms with Crippen molar-refractivity contribution in [2.45, 2.75) is 13.8 Å². The summed E-state index contributed by atoms with van der Waals surface area (Å²) in [6.07, 6.45) is 1.57. The molecular weight excluding hydrogens is 254 g/mol. The highest BCUT2D eigenvalue weighted by Crippen LogP contribution is 2.16. The summed E-state index contributed by atoms with van der Waals surface area (Å²) >= 11 is 0. The molecule has 1 heterocycles. The second-order valence-electron chi connectivity index (χ2n) is 4.35. The monoisotopic (exact) mass is 271 g/mol. The van der Waals surface area contributed by atoms with Gasteiger partial charge in [0.1, 0.15) is 0 Å². The first-order chi connectivity index (χ1) is 9.60. The standard InChI is InChI=1S/C15H17N3O2/c1-3-20-14-7-5-12(9-17-14)18-15(19)13-6-4-11(16)8-10(13)2/h4-9H,3,16H2,1-2H3,(H,18,19). The molecule has 1 aromatic carbocycles. The smallest absolute Gasteiger partial charge is 0.255 e. The van der Waals surface area contributed by atoms with Gasteiger partial charge in [0.05, 0.1) is 18.5 Å². The van der Waals surface area contributed by atoms with Crippen molar-refractivity contribution in [3.63, 3.8) is 0 Å². The van der Waals surface area contributed by atoms with Gasteiger partial charge in [0.2, 0.25) is 5.88 Å². The summed E-state index contributed by atoms with van der Waals surface area (Å²) in [6.45, 7) is 4.30. The van der Waals surface area contributed by atoms with E-state index >= 15 is 0 Å². The number of ether oxygens (including phenoxy) is 1. The predicted molar refractivity (Wildman–Crippen MR) is 79.0 cm³/mol. The number of pyridine rings is 1. The number of carbonyl (C=O) groups excluding carboxylic acids is 1. The van der Waals surface area contributed by atoms with E-state index in [1.807, 2.05) is 13.8 Å². The van der Waals surface area contributed by atoms with Crippen molar-refractivity contribution in [3.05, 3.63) is 47.7 Å². The van der Waals surface area contributed by atoms with Crippen molar-refractivity contribution in [2.75, 3.05) is 17.7 Å². The van der Waals surface area contributed by atoms with E-state index in [-0.39, 0.29) is 5.91 Å². The maximum absolute atomic E-state index is 12.1. The summed E-state index contributed by atoms with van der Waals surface area (Å²) in [4.78, 5) is 16.2. The lowest BCUT2D eigenvalue weighted by Gasteiger charge is -2.08. The van der Waals surface area contributed by atoms with Gasteiger partial charge in [-0.2, -0.15) is 0 Å². The number of hydrogen-bond donors (Lipinski definition) is 2. The van der Waals surface area contributed by atoms with E-state index in [0.29, 0.717) is 29.4 Å². The first-order valence-electron chi connectivity index (χ1n) is 6.36. The number of nitrogen functional groups attached to an aromatic ring is 1. The molecule has 0 aliphatic rings. The predicted octanol–water partition coefficient (Wildman–Crippen LogP) is 2.62. The number of benzene rings is 1. The SMILES string of the molecule is CCOc1ccc(NC(=O)c2ccc(N)cc2C)cn1. The van der Waals surface area contributed by atoms with Gasteiger partial charge in [-0.15, -0.1) is 0 Å². The number of carbonyl (C=O) groups is 1. The molecule has 5 heteroatoms. The van der Waals surface area contributed by atoms with Crippen LogP contribution in [0.15, 0.2) is 36.5 Å². The van der Waals surface area contributed by atoms with Gasteiger partial charge in [-0.1, -0.05) is 0 Å². The number of nitrogens with zero attached hydrogens (tertiary/aromatic N) is 1. The number of amides is 1. The van der Waals surface area contributed by atoms with E-state index in [4.69, 9.17) is 10.5 Å². The minimum atomic E-state index is -0.187. The lowest BCUT2D eigenvalue weighted by Crippen LogP contribution is -2.13. The molecule has 20 heavy (non-hydrogen) atoms. The Hall–Kier alpha value is -2.56. The summed E-state index contributed by atoms with van der Waals surface area (Å²) in [5.41, 5.74) is 8.36. The summed E-state index contributed by atoms with van der Waals surface area (Å²) < 4.78 is 5.25. The topological polar surface area (TPSA) is 77.2 Å². The van der Waals surface area contributed by atoms with Crippen LogP contribution in [0.3, 0.4) is 0 Å². The molecule has 2 rings (SSSR count). The number of anilines is 2. The van der Waals surface area contributed by atoms with E-state index in [9.17, 15) is 4.79 Å². The fourth-order valence-electron chi connectivity index (χ4n) is 1.83. The average molecular weight is 271 g/mol. The minimum absolute atomic E-state index is 0.187. The van der Waals surface area contributed by atoms with Crippen LogP contribution in [0.2, 0.25) is 0 Å². The first kappa shape index (κ1) is 13.9. The Morgan fingerprint density at radius 1 is 1.35 bits per heavy atom. The van der Waals surface area contributed by atoms with Crippen LogP contribution in [-0.4, -0.2) is 17.5 Å². The van der Waals surface area contributed by atoms with Crippen molar-refractivity contribution in [1.29, 1.82) is 0 Å². The Bertz CT molecular complexity index is 609. The second kappa shape index (κ2) is 6.06. The van der Waals surface area contributed by atoms with Crippen molar-refractivity contribution in [3.8, 4) is 5.88 Å². The lowest BCUT2D eigenvalue weighted by atomic mass is 10.1. The van der Waals surface area contributed by atoms with Gasteiger partial charge >= 0.3 is 0 Å². The maximum Gasteiger partial charge on any atom is 0.255 e. The Balaban J connectivity index is 2.11. The van der Waals surface area contributed by atoms with Crippen LogP contribution < -0.4 is 15.8 Å². The molecule has 0 unspecified atom stereocenters. The fourth-order valence-corrected chi connectivity index (χ4v) is 1.83. The Labute approximate surface area is 117 Å². The van der Waals surface area contributed by atoms with Crippen molar-refractivity contribution in [2.24, 2.45) is 0 Å². The molecule has 5 nitrogen and oxygen atoms in total. The molecule has 0 fully saturated rings. The molecule has 1 amide bonds. The van der Waals surface area contributed by atoms with Crippen molar-refractivity contribution < 1.29 is 9.53 Å². The van der Waals surface area contributed by atoms with Crippen LogP contribution >= 0.6 is 0 Å². The van der Waals surface area contributed by atoms with E-state index in [0.717, 1.165) is 5.56 Å². The molecule has 1 aromatic heterocycles. The third-order valence-corrected chi connectivity index (χ3v) is 2.78. The highest BCUT2D eigenvalue weighted by atomic mass is 16.5. The van der Waals surface area contributed by atoms with Crippen LogP contribution in [0.1, 0.15) is 22.8 Å². The van der Waals surface area contributed by atoms with Gasteiger partial charge in [0, 0.05) is 17.3 Å². The van der Waals surface area contributed by atoms with E-state index in [1.165, 1.54) is 0 Å². The maximum atomic E-state index is 12.1. The number of nitrogens with two attached hydrogens (primary N) is 1. The zero-order chi connectivity index (χ0) is 14.5. The Morgan fingerprint density at radius 2 is 2.15 bits per heavy atom. The second-order valence-corrected chi connectivity index (χ2v) is 4.35. The quantitative estimate of drug-likeness (QED) is 0.838. The molecule has 2 aromatic rings. The van der Waals surface area contributed by atoms with E-state index in [1.54, 1.807) is 36.5 Å². The van der Waals surface area contributed by atoms with Gasteiger partial charge in [-0.25, -0.2) is 4.98 Å². The number of rotatable bonds is 4. The highest BCUT2D eigenvalue weighted by Gasteiger charge is 2.09.